The molecule has 1 unspecified atom stereocenters. The molecule has 1 nitrogen and oxygen atoms in total. The van der Waals surface area contributed by atoms with Crippen LogP contribution in [0, 0.1) is 11.3 Å². The van der Waals surface area contributed by atoms with E-state index in [0.29, 0.717) is 18.4 Å². The lowest BCUT2D eigenvalue weighted by atomic mass is 9.74. The minimum atomic E-state index is 0.117. The highest BCUT2D eigenvalue weighted by molar-refractivity contribution is 5.90. The number of rotatable bonds is 0. The monoisotopic (exact) mass is 153 g/mol. The largest absolute Gasteiger partial charge is 0.295 e. The molecule has 1 aliphatic carbocycles. The Balaban J connectivity index is 2.74. The Morgan fingerprint density at radius 3 is 2.73 bits per heavy atom. The third-order valence-corrected chi connectivity index (χ3v) is 2.30. The summed E-state index contributed by atoms with van der Waals surface area (Å²) in [5.74, 6) is 0.466. The first-order chi connectivity index (χ1) is 5.39. The second-order valence-electron chi connectivity index (χ2n) is 4.29. The van der Waals surface area contributed by atoms with E-state index < -0.39 is 0 Å². The van der Waals surface area contributed by atoms with E-state index in [4.69, 9.17) is 1.37 Å². The van der Waals surface area contributed by atoms with Gasteiger partial charge in [-0.3, -0.25) is 4.79 Å². The molecule has 0 fully saturated rings. The molecule has 11 heavy (non-hydrogen) atoms. The van der Waals surface area contributed by atoms with Crippen LogP contribution in [-0.2, 0) is 4.79 Å². The predicted octanol–water partition coefficient (Wildman–Crippen LogP) is 2.57. The Hall–Kier alpha value is -0.590. The molecule has 0 aromatic carbocycles. The maximum atomic E-state index is 11.1. The highest BCUT2D eigenvalue weighted by Crippen LogP contribution is 2.33. The molecule has 1 heteroatoms. The highest BCUT2D eigenvalue weighted by atomic mass is 16.1. The van der Waals surface area contributed by atoms with Crippen molar-refractivity contribution in [1.29, 1.82) is 0 Å². The molecule has 62 valence electrons. The number of ketones is 1. The van der Waals surface area contributed by atoms with E-state index in [0.717, 1.165) is 6.42 Å². The SMILES string of the molecule is [2H]C1=CC(=O)CC(C(C)(C)C)C1. The Bertz CT molecular complexity index is 222. The van der Waals surface area contributed by atoms with Gasteiger partial charge in [-0.15, -0.1) is 0 Å². The zero-order valence-electron chi connectivity index (χ0n) is 8.48. The lowest BCUT2D eigenvalue weighted by Crippen LogP contribution is -2.24. The summed E-state index contributed by atoms with van der Waals surface area (Å²) >= 11 is 0. The van der Waals surface area contributed by atoms with Gasteiger partial charge in [0.15, 0.2) is 5.78 Å². The van der Waals surface area contributed by atoms with Gasteiger partial charge in [0.2, 0.25) is 0 Å². The minimum absolute atomic E-state index is 0.117. The molecule has 1 atom stereocenters. The maximum Gasteiger partial charge on any atom is 0.155 e. The Morgan fingerprint density at radius 1 is 1.64 bits per heavy atom. The van der Waals surface area contributed by atoms with Crippen molar-refractivity contribution in [2.24, 2.45) is 11.3 Å². The van der Waals surface area contributed by atoms with Gasteiger partial charge in [0.25, 0.3) is 0 Å². The van der Waals surface area contributed by atoms with Crippen LogP contribution in [0.1, 0.15) is 35.0 Å². The summed E-state index contributed by atoms with van der Waals surface area (Å²) in [6, 6.07) is 0.492. The molecule has 0 saturated heterocycles. The van der Waals surface area contributed by atoms with Crippen molar-refractivity contribution in [2.45, 2.75) is 33.6 Å². The first kappa shape index (κ1) is 7.08. The average molecular weight is 153 g/mol. The van der Waals surface area contributed by atoms with Crippen LogP contribution in [-0.4, -0.2) is 5.78 Å². The number of hydrogen-bond acceptors (Lipinski definition) is 1. The lowest BCUT2D eigenvalue weighted by Gasteiger charge is -2.30. The molecule has 0 aromatic rings. The molecule has 1 rings (SSSR count). The van der Waals surface area contributed by atoms with E-state index >= 15 is 0 Å². The Morgan fingerprint density at radius 2 is 2.27 bits per heavy atom. The number of carbonyl (C=O) groups excluding carboxylic acids is 1. The van der Waals surface area contributed by atoms with E-state index in [-0.39, 0.29) is 11.2 Å². The fourth-order valence-corrected chi connectivity index (χ4v) is 1.30. The molecular formula is C10H16O. The molecule has 0 N–H and O–H groups in total. The van der Waals surface area contributed by atoms with Crippen LogP contribution in [0.5, 0.6) is 0 Å². The normalized spacial score (nSPS) is 27.9. The summed E-state index contributed by atoms with van der Waals surface area (Å²) in [5.41, 5.74) is 0.149. The van der Waals surface area contributed by atoms with Crippen molar-refractivity contribution < 1.29 is 6.17 Å². The van der Waals surface area contributed by atoms with E-state index in [1.165, 1.54) is 6.08 Å². The molecule has 0 aromatic heterocycles. The zero-order valence-corrected chi connectivity index (χ0v) is 7.48. The highest BCUT2D eigenvalue weighted by Gasteiger charge is 2.26. The second-order valence-corrected chi connectivity index (χ2v) is 4.29. The predicted molar refractivity (Wildman–Crippen MR) is 46.3 cm³/mol. The van der Waals surface area contributed by atoms with Crippen LogP contribution in [0.15, 0.2) is 12.1 Å². The maximum absolute atomic E-state index is 11.1. The Labute approximate surface area is 69.9 Å². The standard InChI is InChI=1S/C10H16O/c1-10(2,3)8-5-4-6-9(11)7-8/h4,6,8H,5,7H2,1-3H3/i4D. The van der Waals surface area contributed by atoms with Crippen LogP contribution in [0.2, 0.25) is 0 Å². The molecule has 0 amide bonds. The Kier molecular flexibility index (Phi) is 1.80. The molecule has 0 bridgehead atoms. The summed E-state index contributed by atoms with van der Waals surface area (Å²) in [4.78, 5) is 11.1. The second kappa shape index (κ2) is 2.80. The first-order valence-electron chi connectivity index (χ1n) is 4.59. The molecule has 0 radical (unpaired) electrons. The van der Waals surface area contributed by atoms with Crippen molar-refractivity contribution in [3.05, 3.63) is 12.1 Å². The van der Waals surface area contributed by atoms with Gasteiger partial charge in [-0.1, -0.05) is 26.8 Å². The lowest BCUT2D eigenvalue weighted by molar-refractivity contribution is -0.116. The van der Waals surface area contributed by atoms with Gasteiger partial charge in [0.05, 0.1) is 1.37 Å². The van der Waals surface area contributed by atoms with E-state index in [1.807, 2.05) is 0 Å². The van der Waals surface area contributed by atoms with Gasteiger partial charge in [0, 0.05) is 6.42 Å². The van der Waals surface area contributed by atoms with Crippen molar-refractivity contribution in [3.63, 3.8) is 0 Å². The summed E-state index contributed by atoms with van der Waals surface area (Å²) in [5, 5.41) is 0. The van der Waals surface area contributed by atoms with E-state index in [1.54, 1.807) is 0 Å². The third kappa shape index (κ3) is 2.18. The van der Waals surface area contributed by atoms with E-state index in [9.17, 15) is 4.79 Å². The number of hydrogen-bond donors (Lipinski definition) is 0. The molecule has 0 saturated carbocycles. The molecular weight excluding hydrogens is 136 g/mol. The van der Waals surface area contributed by atoms with Crippen LogP contribution in [0.4, 0.5) is 0 Å². The summed E-state index contributed by atoms with van der Waals surface area (Å²) < 4.78 is 7.45. The van der Waals surface area contributed by atoms with Gasteiger partial charge in [0.1, 0.15) is 0 Å². The first-order valence-corrected chi connectivity index (χ1v) is 4.09. The van der Waals surface area contributed by atoms with Crippen molar-refractivity contribution >= 4 is 5.78 Å². The van der Waals surface area contributed by atoms with Gasteiger partial charge in [-0.05, 0) is 23.8 Å². The quantitative estimate of drug-likeness (QED) is 0.522. The fourth-order valence-electron chi connectivity index (χ4n) is 1.30. The van der Waals surface area contributed by atoms with E-state index in [2.05, 4.69) is 20.8 Å². The zero-order chi connectivity index (χ0) is 9.35. The number of allylic oxidation sites excluding steroid dienone is 2. The smallest absolute Gasteiger partial charge is 0.155 e. The molecule has 0 aliphatic heterocycles. The minimum Gasteiger partial charge on any atom is -0.295 e. The summed E-state index contributed by atoms with van der Waals surface area (Å²) in [7, 11) is 0. The van der Waals surface area contributed by atoms with Crippen LogP contribution in [0.3, 0.4) is 0 Å². The molecule has 0 heterocycles. The van der Waals surface area contributed by atoms with Gasteiger partial charge in [-0.2, -0.15) is 0 Å². The molecule has 1 aliphatic rings. The van der Waals surface area contributed by atoms with Crippen LogP contribution in [0.25, 0.3) is 0 Å². The summed E-state index contributed by atoms with van der Waals surface area (Å²) in [6.45, 7) is 6.39. The molecule has 0 spiro atoms. The van der Waals surface area contributed by atoms with Crippen molar-refractivity contribution in [2.75, 3.05) is 0 Å². The number of carbonyl (C=O) groups is 1. The summed E-state index contributed by atoms with van der Waals surface area (Å²) in [6.07, 6.45) is 2.84. The van der Waals surface area contributed by atoms with Gasteiger partial charge in [-0.25, -0.2) is 0 Å². The van der Waals surface area contributed by atoms with Crippen LogP contribution < -0.4 is 0 Å². The van der Waals surface area contributed by atoms with Crippen LogP contribution >= 0.6 is 0 Å². The van der Waals surface area contributed by atoms with Gasteiger partial charge < -0.3 is 0 Å². The topological polar surface area (TPSA) is 17.1 Å². The van der Waals surface area contributed by atoms with Gasteiger partial charge >= 0.3 is 0 Å². The fraction of sp³-hybridized carbons (Fsp3) is 0.700. The van der Waals surface area contributed by atoms with Crippen molar-refractivity contribution in [3.8, 4) is 0 Å². The third-order valence-electron chi connectivity index (χ3n) is 2.30. The van der Waals surface area contributed by atoms with Crippen molar-refractivity contribution in [1.82, 2.24) is 0 Å². The average Bonchev–Trinajstić information content (AvgIpc) is 1.82.